The summed E-state index contributed by atoms with van der Waals surface area (Å²) in [4.78, 5) is 11.7. The van der Waals surface area contributed by atoms with Gasteiger partial charge in [0.05, 0.1) is 12.5 Å². The second kappa shape index (κ2) is 7.34. The minimum absolute atomic E-state index is 0.0220. The van der Waals surface area contributed by atoms with Gasteiger partial charge in [-0.1, -0.05) is 20.8 Å². The average molecular weight is 314 g/mol. The van der Waals surface area contributed by atoms with E-state index in [2.05, 4.69) is 40.4 Å². The zero-order valence-corrected chi connectivity index (χ0v) is 15.5. The maximum atomic E-state index is 11.7. The lowest BCUT2D eigenvalue weighted by Crippen LogP contribution is -2.48. The molecule has 0 aromatic rings. The van der Waals surface area contributed by atoms with Gasteiger partial charge < -0.3 is 13.9 Å². The van der Waals surface area contributed by atoms with Crippen LogP contribution in [-0.4, -0.2) is 27.0 Å². The van der Waals surface area contributed by atoms with E-state index >= 15 is 0 Å². The van der Waals surface area contributed by atoms with Gasteiger partial charge in [0.1, 0.15) is 6.10 Å². The summed E-state index contributed by atoms with van der Waals surface area (Å²) in [5.41, 5.74) is 1.09. The summed E-state index contributed by atoms with van der Waals surface area (Å²) in [5, 5.41) is 0. The van der Waals surface area contributed by atoms with E-state index in [0.29, 0.717) is 24.9 Å². The summed E-state index contributed by atoms with van der Waals surface area (Å²) in [7, 11) is -1.73. The van der Waals surface area contributed by atoms with Crippen molar-refractivity contribution in [3.63, 3.8) is 0 Å². The Labute approximate surface area is 130 Å². The topological polar surface area (TPSA) is 44.8 Å². The highest BCUT2D eigenvalue weighted by atomic mass is 28.4. The molecular weight excluding hydrogens is 284 g/mol. The van der Waals surface area contributed by atoms with Crippen molar-refractivity contribution in [2.45, 2.75) is 66.3 Å². The van der Waals surface area contributed by atoms with Crippen LogP contribution in [0.1, 0.15) is 40.5 Å². The quantitative estimate of drug-likeness (QED) is 0.385. The molecule has 0 aromatic heterocycles. The summed E-state index contributed by atoms with van der Waals surface area (Å²) >= 11 is 0. The van der Waals surface area contributed by atoms with E-state index in [0.717, 1.165) is 12.0 Å². The van der Waals surface area contributed by atoms with Gasteiger partial charge in [-0.2, -0.15) is 0 Å². The molecule has 4 nitrogen and oxygen atoms in total. The largest absolute Gasteiger partial charge is 0.520 e. The first-order chi connectivity index (χ1) is 9.69. The third kappa shape index (κ3) is 5.06. The van der Waals surface area contributed by atoms with Gasteiger partial charge in [0.25, 0.3) is 5.95 Å². The van der Waals surface area contributed by atoms with Crippen LogP contribution in [0.2, 0.25) is 19.6 Å². The molecule has 1 aliphatic rings. The van der Waals surface area contributed by atoms with Gasteiger partial charge >= 0.3 is 5.97 Å². The molecule has 0 bridgehead atoms. The number of carbonyl (C=O) groups is 1. The van der Waals surface area contributed by atoms with Crippen LogP contribution in [0, 0.1) is 11.8 Å². The van der Waals surface area contributed by atoms with Crippen molar-refractivity contribution < 1.29 is 18.7 Å². The summed E-state index contributed by atoms with van der Waals surface area (Å²) in [6.45, 7) is 15.2. The van der Waals surface area contributed by atoms with Crippen molar-refractivity contribution in [3.05, 3.63) is 11.5 Å². The normalized spacial score (nSPS) is 23.3. The monoisotopic (exact) mass is 314 g/mol. The fourth-order valence-corrected chi connectivity index (χ4v) is 3.18. The van der Waals surface area contributed by atoms with Crippen molar-refractivity contribution >= 4 is 14.3 Å². The third-order valence-corrected chi connectivity index (χ3v) is 4.26. The highest BCUT2D eigenvalue weighted by Gasteiger charge is 2.44. The second-order valence-electron chi connectivity index (χ2n) is 6.85. The Bertz CT molecular complexity index is 396. The molecule has 21 heavy (non-hydrogen) atoms. The molecule has 0 unspecified atom stereocenters. The number of carbonyl (C=O) groups excluding carboxylic acids is 1. The van der Waals surface area contributed by atoms with E-state index in [4.69, 9.17) is 13.9 Å². The van der Waals surface area contributed by atoms with Crippen LogP contribution < -0.4 is 0 Å². The van der Waals surface area contributed by atoms with Crippen LogP contribution in [0.5, 0.6) is 0 Å². The molecule has 122 valence electrons. The number of ether oxygens (including phenoxy) is 2. The molecule has 1 aliphatic heterocycles. The van der Waals surface area contributed by atoms with E-state index < -0.39 is 8.32 Å². The van der Waals surface area contributed by atoms with Crippen LogP contribution >= 0.6 is 0 Å². The van der Waals surface area contributed by atoms with Crippen molar-refractivity contribution in [2.75, 3.05) is 6.61 Å². The molecule has 1 fully saturated rings. The fourth-order valence-electron chi connectivity index (χ4n) is 2.42. The summed E-state index contributed by atoms with van der Waals surface area (Å²) < 4.78 is 17.1. The van der Waals surface area contributed by atoms with Crippen LogP contribution in [0.4, 0.5) is 0 Å². The van der Waals surface area contributed by atoms with Gasteiger partial charge in [0.15, 0.2) is 0 Å². The number of rotatable bonds is 8. The molecule has 0 amide bonds. The summed E-state index contributed by atoms with van der Waals surface area (Å²) in [5.74, 6) is 0.838. The third-order valence-electron chi connectivity index (χ3n) is 3.46. The lowest BCUT2D eigenvalue weighted by atomic mass is 9.83. The molecule has 0 radical (unpaired) electrons. The van der Waals surface area contributed by atoms with Crippen molar-refractivity contribution in [1.29, 1.82) is 0 Å². The molecule has 1 rings (SSSR count). The van der Waals surface area contributed by atoms with E-state index in [9.17, 15) is 4.79 Å². The highest BCUT2D eigenvalue weighted by molar-refractivity contribution is 6.70. The van der Waals surface area contributed by atoms with Crippen LogP contribution in [0.15, 0.2) is 11.5 Å². The minimum atomic E-state index is -1.73. The Balaban J connectivity index is 2.90. The van der Waals surface area contributed by atoms with Crippen LogP contribution in [0.3, 0.4) is 0 Å². The summed E-state index contributed by atoms with van der Waals surface area (Å²) in [6, 6.07) is 0. The smallest absolute Gasteiger partial charge is 0.313 e. The van der Waals surface area contributed by atoms with Crippen LogP contribution in [-0.2, 0) is 18.7 Å². The predicted molar refractivity (Wildman–Crippen MR) is 86.2 cm³/mol. The lowest BCUT2D eigenvalue weighted by Gasteiger charge is -2.38. The first-order valence-corrected chi connectivity index (χ1v) is 11.3. The Hall–Kier alpha value is -0.973. The molecular formula is C16H30O4Si. The summed E-state index contributed by atoms with van der Waals surface area (Å²) in [6.07, 6.45) is 1.53. The molecule has 1 saturated heterocycles. The van der Waals surface area contributed by atoms with Gasteiger partial charge in [-0.25, -0.2) is 0 Å². The Morgan fingerprint density at radius 1 is 1.29 bits per heavy atom. The van der Waals surface area contributed by atoms with E-state index in [1.807, 2.05) is 6.92 Å². The molecule has 5 heteroatoms. The minimum Gasteiger partial charge on any atom is -0.520 e. The molecule has 0 N–H and O–H groups in total. The number of cyclic esters (lactones) is 1. The second-order valence-corrected chi connectivity index (χ2v) is 11.3. The zero-order valence-electron chi connectivity index (χ0n) is 14.5. The van der Waals surface area contributed by atoms with Gasteiger partial charge in [-0.15, -0.1) is 0 Å². The van der Waals surface area contributed by atoms with Gasteiger partial charge in [-0.05, 0) is 45.3 Å². The van der Waals surface area contributed by atoms with Gasteiger partial charge in [0, 0.05) is 5.57 Å². The molecule has 0 spiro atoms. The SMILES string of the molecule is CCO/C(O[Si](C)(C)C)=C(/CC)C[C@@H]1C(=O)O[C@H]1C(C)C. The Morgan fingerprint density at radius 2 is 1.90 bits per heavy atom. The number of hydrogen-bond acceptors (Lipinski definition) is 4. The fraction of sp³-hybridized carbons (Fsp3) is 0.812. The average Bonchev–Trinajstić information content (AvgIpc) is 2.34. The van der Waals surface area contributed by atoms with Crippen molar-refractivity contribution in [2.24, 2.45) is 11.8 Å². The van der Waals surface area contributed by atoms with E-state index in [1.165, 1.54) is 0 Å². The lowest BCUT2D eigenvalue weighted by molar-refractivity contribution is -0.190. The van der Waals surface area contributed by atoms with E-state index in [1.54, 1.807) is 0 Å². The van der Waals surface area contributed by atoms with Crippen LogP contribution in [0.25, 0.3) is 0 Å². The molecule has 0 aliphatic carbocycles. The number of allylic oxidation sites excluding steroid dienone is 1. The molecule has 0 aromatic carbocycles. The maximum absolute atomic E-state index is 11.7. The number of esters is 1. The predicted octanol–water partition coefficient (Wildman–Crippen LogP) is 4.08. The Morgan fingerprint density at radius 3 is 2.29 bits per heavy atom. The van der Waals surface area contributed by atoms with Gasteiger partial charge in [0.2, 0.25) is 8.32 Å². The maximum Gasteiger partial charge on any atom is 0.313 e. The standard InChI is InChI=1S/C16H30O4Si/c1-8-12(16(18-9-2)20-21(5,6)7)10-13-14(11(3)4)19-15(13)17/h11,13-14H,8-10H2,1-7H3/b16-12+/t13-,14-/m0/s1. The van der Waals surface area contributed by atoms with Gasteiger partial charge in [-0.3, -0.25) is 4.79 Å². The van der Waals surface area contributed by atoms with E-state index in [-0.39, 0.29) is 18.0 Å². The molecule has 2 atom stereocenters. The molecule has 0 saturated carbocycles. The first-order valence-electron chi connectivity index (χ1n) is 7.93. The molecule has 1 heterocycles. The number of hydrogen-bond donors (Lipinski definition) is 0. The van der Waals surface area contributed by atoms with Crippen molar-refractivity contribution in [1.82, 2.24) is 0 Å². The van der Waals surface area contributed by atoms with Crippen molar-refractivity contribution in [3.8, 4) is 0 Å². The Kier molecular flexibility index (Phi) is 6.32. The zero-order chi connectivity index (χ0) is 16.2. The first kappa shape index (κ1) is 18.1. The highest BCUT2D eigenvalue weighted by Crippen LogP contribution is 2.35.